The largest absolute Gasteiger partial charge is 0.339 e. The number of likely N-dealkylation sites (N-methyl/N-ethyl adjacent to an activating group) is 1. The first-order valence-electron chi connectivity index (χ1n) is 8.13. The Labute approximate surface area is 122 Å². The van der Waals surface area contributed by atoms with Crippen molar-refractivity contribution in [2.24, 2.45) is 11.8 Å². The van der Waals surface area contributed by atoms with Gasteiger partial charge in [0.15, 0.2) is 5.82 Å². The summed E-state index contributed by atoms with van der Waals surface area (Å²) in [5, 5.41) is 7.55. The highest BCUT2D eigenvalue weighted by molar-refractivity contribution is 4.99. The normalized spacial score (nSPS) is 25.1. The third-order valence-electron chi connectivity index (χ3n) is 4.84. The summed E-state index contributed by atoms with van der Waals surface area (Å²) < 4.78 is 5.45. The van der Waals surface area contributed by atoms with Gasteiger partial charge < -0.3 is 9.84 Å². The van der Waals surface area contributed by atoms with E-state index in [4.69, 9.17) is 4.52 Å². The van der Waals surface area contributed by atoms with Crippen LogP contribution >= 0.6 is 0 Å². The second-order valence-electron chi connectivity index (χ2n) is 6.52. The Bertz CT molecular complexity index is 394. The van der Waals surface area contributed by atoms with Gasteiger partial charge in [-0.3, -0.25) is 0 Å². The molecule has 0 aromatic carbocycles. The molecule has 4 nitrogen and oxygen atoms in total. The fourth-order valence-corrected chi connectivity index (χ4v) is 3.20. The molecule has 1 aliphatic carbocycles. The maximum absolute atomic E-state index is 5.45. The van der Waals surface area contributed by atoms with Crippen LogP contribution in [0.15, 0.2) is 4.52 Å². The van der Waals surface area contributed by atoms with Gasteiger partial charge in [-0.2, -0.15) is 4.98 Å². The molecule has 1 aromatic heterocycles. The second kappa shape index (κ2) is 7.21. The molecule has 0 amide bonds. The van der Waals surface area contributed by atoms with Gasteiger partial charge in [0.05, 0.1) is 0 Å². The number of nitrogens with zero attached hydrogens (tertiary/aromatic N) is 2. The first kappa shape index (κ1) is 15.5. The molecule has 0 spiro atoms. The molecular weight excluding hydrogens is 250 g/mol. The van der Waals surface area contributed by atoms with Crippen LogP contribution < -0.4 is 5.32 Å². The molecule has 20 heavy (non-hydrogen) atoms. The topological polar surface area (TPSA) is 51.0 Å². The monoisotopic (exact) mass is 279 g/mol. The van der Waals surface area contributed by atoms with E-state index >= 15 is 0 Å². The third-order valence-corrected chi connectivity index (χ3v) is 4.84. The Morgan fingerprint density at radius 2 is 1.95 bits per heavy atom. The lowest BCUT2D eigenvalue weighted by molar-refractivity contribution is 0.300. The Balaban J connectivity index is 1.92. The average molecular weight is 279 g/mol. The highest BCUT2D eigenvalue weighted by Gasteiger charge is 2.25. The SMILES string of the molecule is CCC1CCC(c2noc(CC(NC)C(C)C)n2)CC1. The van der Waals surface area contributed by atoms with Gasteiger partial charge in [0.2, 0.25) is 5.89 Å². The number of nitrogens with one attached hydrogen (secondary N) is 1. The van der Waals surface area contributed by atoms with Gasteiger partial charge in [0, 0.05) is 18.4 Å². The van der Waals surface area contributed by atoms with Crippen LogP contribution in [0, 0.1) is 11.8 Å². The molecule has 1 fully saturated rings. The van der Waals surface area contributed by atoms with Crippen molar-refractivity contribution in [3.05, 3.63) is 11.7 Å². The molecule has 4 heteroatoms. The number of hydrogen-bond acceptors (Lipinski definition) is 4. The molecule has 0 radical (unpaired) electrons. The van der Waals surface area contributed by atoms with E-state index in [1.165, 1.54) is 32.1 Å². The molecule has 0 saturated heterocycles. The van der Waals surface area contributed by atoms with Gasteiger partial charge in [0.25, 0.3) is 0 Å². The van der Waals surface area contributed by atoms with E-state index < -0.39 is 0 Å². The number of aromatic nitrogens is 2. The van der Waals surface area contributed by atoms with E-state index in [-0.39, 0.29) is 0 Å². The van der Waals surface area contributed by atoms with Crippen LogP contribution in [-0.2, 0) is 6.42 Å². The smallest absolute Gasteiger partial charge is 0.228 e. The zero-order valence-electron chi connectivity index (χ0n) is 13.4. The summed E-state index contributed by atoms with van der Waals surface area (Å²) in [6, 6.07) is 0.402. The molecule has 1 heterocycles. The molecule has 2 rings (SSSR count). The van der Waals surface area contributed by atoms with E-state index in [0.717, 1.165) is 24.1 Å². The van der Waals surface area contributed by atoms with Crippen molar-refractivity contribution in [2.75, 3.05) is 7.05 Å². The van der Waals surface area contributed by atoms with Crippen molar-refractivity contribution in [3.63, 3.8) is 0 Å². The first-order chi connectivity index (χ1) is 9.63. The standard InChI is InChI=1S/C16H29N3O/c1-5-12-6-8-13(9-7-12)16-18-15(20-19-16)10-14(17-4)11(2)3/h11-14,17H,5-10H2,1-4H3. The minimum absolute atomic E-state index is 0.402. The van der Waals surface area contributed by atoms with Crippen molar-refractivity contribution in [2.45, 2.75) is 71.3 Å². The predicted octanol–water partition coefficient (Wildman–Crippen LogP) is 3.54. The molecule has 1 aromatic rings. The van der Waals surface area contributed by atoms with Crippen molar-refractivity contribution < 1.29 is 4.52 Å². The number of rotatable bonds is 6. The van der Waals surface area contributed by atoms with Crippen LogP contribution in [0.4, 0.5) is 0 Å². The molecule has 0 bridgehead atoms. The summed E-state index contributed by atoms with van der Waals surface area (Å²) in [6.07, 6.45) is 7.20. The van der Waals surface area contributed by atoms with E-state index in [1.54, 1.807) is 0 Å². The minimum Gasteiger partial charge on any atom is -0.339 e. The molecular formula is C16H29N3O. The molecule has 1 saturated carbocycles. The molecule has 1 N–H and O–H groups in total. The van der Waals surface area contributed by atoms with Gasteiger partial charge in [-0.25, -0.2) is 0 Å². The van der Waals surface area contributed by atoms with Crippen molar-refractivity contribution in [1.82, 2.24) is 15.5 Å². The Hall–Kier alpha value is -0.900. The molecule has 1 unspecified atom stereocenters. The fraction of sp³-hybridized carbons (Fsp3) is 0.875. The zero-order valence-corrected chi connectivity index (χ0v) is 13.4. The molecule has 1 aliphatic rings. The lowest BCUT2D eigenvalue weighted by Crippen LogP contribution is -2.32. The first-order valence-corrected chi connectivity index (χ1v) is 8.13. The third kappa shape index (κ3) is 3.81. The molecule has 0 aliphatic heterocycles. The van der Waals surface area contributed by atoms with Crippen molar-refractivity contribution in [3.8, 4) is 0 Å². The Morgan fingerprint density at radius 3 is 2.50 bits per heavy atom. The van der Waals surface area contributed by atoms with Crippen molar-refractivity contribution in [1.29, 1.82) is 0 Å². The maximum Gasteiger partial charge on any atom is 0.228 e. The maximum atomic E-state index is 5.45. The zero-order chi connectivity index (χ0) is 14.5. The summed E-state index contributed by atoms with van der Waals surface area (Å²) in [4.78, 5) is 4.64. The van der Waals surface area contributed by atoms with E-state index in [2.05, 4.69) is 36.2 Å². The summed E-state index contributed by atoms with van der Waals surface area (Å²) in [7, 11) is 1.99. The minimum atomic E-state index is 0.402. The predicted molar refractivity (Wildman–Crippen MR) is 80.7 cm³/mol. The van der Waals surface area contributed by atoms with Gasteiger partial charge in [-0.05, 0) is 44.6 Å². The summed E-state index contributed by atoms with van der Waals surface area (Å²) in [5.41, 5.74) is 0. The lowest BCUT2D eigenvalue weighted by Gasteiger charge is -2.25. The second-order valence-corrected chi connectivity index (χ2v) is 6.52. The Kier molecular flexibility index (Phi) is 5.58. The van der Waals surface area contributed by atoms with Gasteiger partial charge in [-0.1, -0.05) is 32.3 Å². The van der Waals surface area contributed by atoms with E-state index in [9.17, 15) is 0 Å². The Morgan fingerprint density at radius 1 is 1.25 bits per heavy atom. The fourth-order valence-electron chi connectivity index (χ4n) is 3.20. The van der Waals surface area contributed by atoms with Crippen molar-refractivity contribution >= 4 is 0 Å². The highest BCUT2D eigenvalue weighted by atomic mass is 16.5. The summed E-state index contributed by atoms with van der Waals surface area (Å²) >= 11 is 0. The van der Waals surface area contributed by atoms with Crippen LogP contribution in [0.3, 0.4) is 0 Å². The lowest BCUT2D eigenvalue weighted by atomic mass is 9.80. The average Bonchev–Trinajstić information content (AvgIpc) is 2.93. The van der Waals surface area contributed by atoms with Gasteiger partial charge in [0.1, 0.15) is 0 Å². The quantitative estimate of drug-likeness (QED) is 0.865. The summed E-state index contributed by atoms with van der Waals surface area (Å²) in [6.45, 7) is 6.72. The van der Waals surface area contributed by atoms with Crippen LogP contribution in [-0.4, -0.2) is 23.2 Å². The van der Waals surface area contributed by atoms with Gasteiger partial charge in [-0.15, -0.1) is 0 Å². The summed E-state index contributed by atoms with van der Waals surface area (Å²) in [5.74, 6) is 3.71. The molecule has 114 valence electrons. The highest BCUT2D eigenvalue weighted by Crippen LogP contribution is 2.35. The van der Waals surface area contributed by atoms with Gasteiger partial charge >= 0.3 is 0 Å². The number of hydrogen-bond donors (Lipinski definition) is 1. The van der Waals surface area contributed by atoms with Crippen LogP contribution in [0.25, 0.3) is 0 Å². The van der Waals surface area contributed by atoms with Crippen LogP contribution in [0.2, 0.25) is 0 Å². The van der Waals surface area contributed by atoms with E-state index in [1.807, 2.05) is 7.05 Å². The van der Waals surface area contributed by atoms with Crippen LogP contribution in [0.5, 0.6) is 0 Å². The van der Waals surface area contributed by atoms with Crippen LogP contribution in [0.1, 0.15) is 70.5 Å². The molecule has 1 atom stereocenters. The van der Waals surface area contributed by atoms with E-state index in [0.29, 0.717) is 17.9 Å².